The molecule has 1 saturated heterocycles. The van der Waals surface area contributed by atoms with Crippen LogP contribution in [-0.2, 0) is 9.47 Å². The van der Waals surface area contributed by atoms with Crippen molar-refractivity contribution in [1.82, 2.24) is 4.90 Å². The largest absolute Gasteiger partial charge is 0.444 e. The van der Waals surface area contributed by atoms with Gasteiger partial charge in [0.2, 0.25) is 0 Å². The molecule has 0 aromatic carbocycles. The molecule has 20 heavy (non-hydrogen) atoms. The second-order valence-corrected chi connectivity index (χ2v) is 7.64. The summed E-state index contributed by atoms with van der Waals surface area (Å²) in [6.45, 7) is 11.5. The van der Waals surface area contributed by atoms with Crippen molar-refractivity contribution in [3.05, 3.63) is 0 Å². The molecule has 0 radical (unpaired) electrons. The van der Waals surface area contributed by atoms with Gasteiger partial charge in [0.05, 0.1) is 19.3 Å². The van der Waals surface area contributed by atoms with Crippen LogP contribution in [0.25, 0.3) is 0 Å². The van der Waals surface area contributed by atoms with Gasteiger partial charge in [0, 0.05) is 17.5 Å². The Kier molecular flexibility index (Phi) is 3.80. The summed E-state index contributed by atoms with van der Waals surface area (Å²) in [6.07, 6.45) is 1.84. The molecule has 1 aliphatic carbocycles. The van der Waals surface area contributed by atoms with Gasteiger partial charge in [-0.1, -0.05) is 0 Å². The fraction of sp³-hybridized carbons (Fsp3) is 0.933. The molecule has 1 aliphatic heterocycles. The molecule has 0 aromatic rings. The van der Waals surface area contributed by atoms with E-state index in [1.807, 2.05) is 39.5 Å². The van der Waals surface area contributed by atoms with Crippen LogP contribution in [0.3, 0.4) is 0 Å². The minimum Gasteiger partial charge on any atom is -0.444 e. The average Bonchev–Trinajstić information content (AvgIpc) is 3.06. The molecule has 5 heteroatoms. The number of nitrogens with two attached hydrogens (primary N) is 1. The zero-order valence-electron chi connectivity index (χ0n) is 13.4. The molecule has 2 aliphatic rings. The van der Waals surface area contributed by atoms with Gasteiger partial charge in [-0.25, -0.2) is 4.79 Å². The third-order valence-electron chi connectivity index (χ3n) is 4.47. The van der Waals surface area contributed by atoms with E-state index in [0.29, 0.717) is 19.8 Å². The maximum Gasteiger partial charge on any atom is 0.410 e. The van der Waals surface area contributed by atoms with Crippen molar-refractivity contribution in [3.8, 4) is 0 Å². The van der Waals surface area contributed by atoms with E-state index in [1.165, 1.54) is 0 Å². The van der Waals surface area contributed by atoms with Gasteiger partial charge in [-0.15, -0.1) is 0 Å². The normalized spacial score (nSPS) is 26.3. The molecule has 1 atom stereocenters. The topological polar surface area (TPSA) is 64.8 Å². The highest BCUT2D eigenvalue weighted by molar-refractivity contribution is 5.69. The second kappa shape index (κ2) is 4.88. The van der Waals surface area contributed by atoms with Gasteiger partial charge in [-0.05, 0) is 47.5 Å². The summed E-state index contributed by atoms with van der Waals surface area (Å²) < 4.78 is 11.1. The maximum absolute atomic E-state index is 12.4. The maximum atomic E-state index is 12.4. The number of hydrogen-bond donors (Lipinski definition) is 1. The van der Waals surface area contributed by atoms with E-state index in [9.17, 15) is 4.79 Å². The van der Waals surface area contributed by atoms with Gasteiger partial charge in [0.15, 0.2) is 0 Å². The monoisotopic (exact) mass is 284 g/mol. The summed E-state index contributed by atoms with van der Waals surface area (Å²) in [5.41, 5.74) is 5.53. The van der Waals surface area contributed by atoms with Gasteiger partial charge >= 0.3 is 6.09 Å². The zero-order valence-corrected chi connectivity index (χ0v) is 13.4. The number of morpholine rings is 1. The van der Waals surface area contributed by atoms with Crippen molar-refractivity contribution in [2.45, 2.75) is 64.6 Å². The Balaban J connectivity index is 2.16. The van der Waals surface area contributed by atoms with E-state index >= 15 is 0 Å². The summed E-state index contributed by atoms with van der Waals surface area (Å²) in [7, 11) is 0. The predicted molar refractivity (Wildman–Crippen MR) is 77.5 cm³/mol. The lowest BCUT2D eigenvalue weighted by molar-refractivity contribution is -0.0604. The summed E-state index contributed by atoms with van der Waals surface area (Å²) in [5.74, 6) is 0. The van der Waals surface area contributed by atoms with E-state index in [4.69, 9.17) is 15.2 Å². The SMILES string of the molecule is CC(C)(C)OC(=O)N1CCOCC1C1(C(C)(C)N)CC1. The molecule has 2 fully saturated rings. The van der Waals surface area contributed by atoms with Crippen LogP contribution < -0.4 is 5.73 Å². The predicted octanol–water partition coefficient (Wildman–Crippen LogP) is 2.14. The van der Waals surface area contributed by atoms with E-state index in [0.717, 1.165) is 12.8 Å². The number of nitrogens with zero attached hydrogens (tertiary/aromatic N) is 1. The molecule has 116 valence electrons. The molecule has 1 heterocycles. The van der Waals surface area contributed by atoms with Crippen LogP contribution in [0.5, 0.6) is 0 Å². The van der Waals surface area contributed by atoms with Crippen LogP contribution in [0.4, 0.5) is 4.79 Å². The first-order valence-corrected chi connectivity index (χ1v) is 7.43. The molecule has 0 bridgehead atoms. The van der Waals surface area contributed by atoms with Crippen LogP contribution >= 0.6 is 0 Å². The highest BCUT2D eigenvalue weighted by Gasteiger charge is 2.60. The number of carbonyl (C=O) groups is 1. The lowest BCUT2D eigenvalue weighted by Gasteiger charge is -2.45. The molecular formula is C15H28N2O3. The summed E-state index contributed by atoms with van der Waals surface area (Å²) in [4.78, 5) is 14.3. The van der Waals surface area contributed by atoms with Gasteiger partial charge in [0.25, 0.3) is 0 Å². The second-order valence-electron chi connectivity index (χ2n) is 7.64. The lowest BCUT2D eigenvalue weighted by atomic mass is 9.78. The third kappa shape index (κ3) is 2.93. The molecule has 0 aromatic heterocycles. The van der Waals surface area contributed by atoms with Gasteiger partial charge < -0.3 is 15.2 Å². The highest BCUT2D eigenvalue weighted by atomic mass is 16.6. The minimum absolute atomic E-state index is 0.0195. The van der Waals surface area contributed by atoms with E-state index < -0.39 is 5.60 Å². The van der Waals surface area contributed by atoms with Crippen LogP contribution in [0, 0.1) is 5.41 Å². The molecule has 1 saturated carbocycles. The van der Waals surface area contributed by atoms with Crippen LogP contribution in [0.2, 0.25) is 0 Å². The van der Waals surface area contributed by atoms with Crippen molar-refractivity contribution in [1.29, 1.82) is 0 Å². The Morgan fingerprint density at radius 3 is 2.35 bits per heavy atom. The first kappa shape index (κ1) is 15.6. The average molecular weight is 284 g/mol. The Bertz CT molecular complexity index is 378. The zero-order chi connectivity index (χ0) is 15.2. The number of hydrogen-bond acceptors (Lipinski definition) is 4. The van der Waals surface area contributed by atoms with Crippen LogP contribution in [0.15, 0.2) is 0 Å². The smallest absolute Gasteiger partial charge is 0.410 e. The molecule has 2 N–H and O–H groups in total. The number of rotatable bonds is 2. The Hall–Kier alpha value is -0.810. The quantitative estimate of drug-likeness (QED) is 0.843. The van der Waals surface area contributed by atoms with Crippen molar-refractivity contribution >= 4 is 6.09 Å². The van der Waals surface area contributed by atoms with Crippen LogP contribution in [0.1, 0.15) is 47.5 Å². The van der Waals surface area contributed by atoms with E-state index in [1.54, 1.807) is 0 Å². The summed E-state index contributed by atoms with van der Waals surface area (Å²) in [6, 6.07) is 0.0195. The van der Waals surface area contributed by atoms with E-state index in [-0.39, 0.29) is 23.1 Å². The fourth-order valence-corrected chi connectivity index (χ4v) is 3.14. The molecular weight excluding hydrogens is 256 g/mol. The van der Waals surface area contributed by atoms with E-state index in [2.05, 4.69) is 0 Å². The van der Waals surface area contributed by atoms with Gasteiger partial charge in [-0.3, -0.25) is 4.90 Å². The standard InChI is InChI=1S/C15H28N2O3/c1-13(2,3)20-12(18)17-8-9-19-10-11(17)15(6-7-15)14(4,5)16/h11H,6-10,16H2,1-5H3. The number of carbonyl (C=O) groups excluding carboxylic acids is 1. The Labute approximate surface area is 121 Å². The molecule has 5 nitrogen and oxygen atoms in total. The van der Waals surface area contributed by atoms with Gasteiger partial charge in [-0.2, -0.15) is 0 Å². The number of ether oxygens (including phenoxy) is 2. The summed E-state index contributed by atoms with van der Waals surface area (Å²) in [5, 5.41) is 0. The van der Waals surface area contributed by atoms with Gasteiger partial charge in [0.1, 0.15) is 5.60 Å². The van der Waals surface area contributed by atoms with Crippen molar-refractivity contribution < 1.29 is 14.3 Å². The lowest BCUT2D eigenvalue weighted by Crippen LogP contribution is -2.60. The Morgan fingerprint density at radius 1 is 1.30 bits per heavy atom. The number of amides is 1. The van der Waals surface area contributed by atoms with Crippen molar-refractivity contribution in [3.63, 3.8) is 0 Å². The third-order valence-corrected chi connectivity index (χ3v) is 4.47. The van der Waals surface area contributed by atoms with Crippen molar-refractivity contribution in [2.75, 3.05) is 19.8 Å². The molecule has 1 unspecified atom stereocenters. The molecule has 0 spiro atoms. The first-order chi connectivity index (χ1) is 9.07. The summed E-state index contributed by atoms with van der Waals surface area (Å²) >= 11 is 0. The first-order valence-electron chi connectivity index (χ1n) is 7.43. The van der Waals surface area contributed by atoms with Crippen LogP contribution in [-0.4, -0.2) is 47.9 Å². The Morgan fingerprint density at radius 2 is 1.90 bits per heavy atom. The van der Waals surface area contributed by atoms with Crippen molar-refractivity contribution in [2.24, 2.45) is 11.1 Å². The fourth-order valence-electron chi connectivity index (χ4n) is 3.14. The molecule has 2 rings (SSSR count). The minimum atomic E-state index is -0.477. The molecule has 1 amide bonds. The highest BCUT2D eigenvalue weighted by Crippen LogP contribution is 2.57.